The maximum Gasteiger partial charge on any atom is 0.411 e. The largest absolute Gasteiger partial charge is 0.467 e. The SMILES string of the molecule is CC.COC(=O)C1CC(C)CN1C(=O)OC(C)(C)C. The van der Waals surface area contributed by atoms with E-state index in [1.807, 2.05) is 20.8 Å². The Bertz CT molecular complexity index is 309. The Balaban J connectivity index is 0.00000154. The number of ether oxygens (including phenoxy) is 2. The van der Waals surface area contributed by atoms with Gasteiger partial charge in [-0.3, -0.25) is 4.90 Å². The van der Waals surface area contributed by atoms with E-state index in [0.717, 1.165) is 0 Å². The molecule has 0 bridgehead atoms. The Hall–Kier alpha value is -1.26. The normalized spacial score (nSPS) is 22.4. The molecular formula is C14H27NO4. The van der Waals surface area contributed by atoms with Gasteiger partial charge < -0.3 is 9.47 Å². The fourth-order valence-corrected chi connectivity index (χ4v) is 1.93. The summed E-state index contributed by atoms with van der Waals surface area (Å²) >= 11 is 0. The molecule has 1 rings (SSSR count). The summed E-state index contributed by atoms with van der Waals surface area (Å²) in [5, 5.41) is 0. The number of amides is 1. The van der Waals surface area contributed by atoms with Gasteiger partial charge in [0, 0.05) is 6.54 Å². The van der Waals surface area contributed by atoms with Crippen molar-refractivity contribution in [2.24, 2.45) is 5.92 Å². The first kappa shape index (κ1) is 17.7. The number of methoxy groups -OCH3 is 1. The molecular weight excluding hydrogens is 246 g/mol. The number of rotatable bonds is 1. The van der Waals surface area contributed by atoms with Gasteiger partial charge in [0.25, 0.3) is 0 Å². The summed E-state index contributed by atoms with van der Waals surface area (Å²) in [5.41, 5.74) is -0.552. The minimum Gasteiger partial charge on any atom is -0.467 e. The van der Waals surface area contributed by atoms with Crippen LogP contribution in [-0.2, 0) is 14.3 Å². The van der Waals surface area contributed by atoms with Crippen molar-refractivity contribution in [2.75, 3.05) is 13.7 Å². The average Bonchev–Trinajstić information content (AvgIpc) is 2.71. The van der Waals surface area contributed by atoms with Gasteiger partial charge >= 0.3 is 12.1 Å². The molecule has 0 saturated carbocycles. The molecule has 1 saturated heterocycles. The minimum absolute atomic E-state index is 0.284. The molecule has 19 heavy (non-hydrogen) atoms. The van der Waals surface area contributed by atoms with E-state index in [4.69, 9.17) is 9.47 Å². The number of carbonyl (C=O) groups excluding carboxylic acids is 2. The Kier molecular flexibility index (Phi) is 6.87. The van der Waals surface area contributed by atoms with Gasteiger partial charge in [0.15, 0.2) is 0 Å². The summed E-state index contributed by atoms with van der Waals surface area (Å²) < 4.78 is 9.98. The van der Waals surface area contributed by atoms with Crippen LogP contribution in [0.25, 0.3) is 0 Å². The van der Waals surface area contributed by atoms with Crippen molar-refractivity contribution >= 4 is 12.1 Å². The number of hydrogen-bond donors (Lipinski definition) is 0. The zero-order chi connectivity index (χ0) is 15.2. The fraction of sp³-hybridized carbons (Fsp3) is 0.857. The number of hydrogen-bond acceptors (Lipinski definition) is 4. The molecule has 0 aromatic carbocycles. The van der Waals surface area contributed by atoms with E-state index in [2.05, 4.69) is 0 Å². The fourth-order valence-electron chi connectivity index (χ4n) is 1.93. The predicted octanol–water partition coefficient (Wildman–Crippen LogP) is 2.83. The molecule has 5 heteroatoms. The molecule has 0 spiro atoms. The third-order valence-electron chi connectivity index (χ3n) is 2.61. The molecule has 1 amide bonds. The molecule has 0 N–H and O–H groups in total. The number of nitrogens with zero attached hydrogens (tertiary/aromatic N) is 1. The van der Waals surface area contributed by atoms with E-state index in [9.17, 15) is 9.59 Å². The summed E-state index contributed by atoms with van der Waals surface area (Å²) in [7, 11) is 1.33. The number of carbonyl (C=O) groups is 2. The molecule has 1 aliphatic heterocycles. The minimum atomic E-state index is -0.552. The average molecular weight is 273 g/mol. The lowest BCUT2D eigenvalue weighted by Gasteiger charge is -2.27. The highest BCUT2D eigenvalue weighted by molar-refractivity contribution is 5.82. The molecule has 0 radical (unpaired) electrons. The van der Waals surface area contributed by atoms with Crippen molar-refractivity contribution in [3.05, 3.63) is 0 Å². The highest BCUT2D eigenvalue weighted by Gasteiger charge is 2.40. The van der Waals surface area contributed by atoms with Crippen LogP contribution in [0.15, 0.2) is 0 Å². The summed E-state index contributed by atoms with van der Waals surface area (Å²) in [5.74, 6) is -0.0909. The quantitative estimate of drug-likeness (QED) is 0.689. The second-order valence-corrected chi connectivity index (χ2v) is 5.51. The van der Waals surface area contributed by atoms with E-state index in [1.54, 1.807) is 20.8 Å². The van der Waals surface area contributed by atoms with Crippen molar-refractivity contribution in [3.63, 3.8) is 0 Å². The maximum atomic E-state index is 11.9. The standard InChI is InChI=1S/C12H21NO4.C2H6/c1-8-6-9(10(14)16-5)13(7-8)11(15)17-12(2,3)4;1-2/h8-9H,6-7H2,1-5H3;1-2H3. The Morgan fingerprint density at radius 2 is 1.74 bits per heavy atom. The molecule has 1 aliphatic rings. The molecule has 112 valence electrons. The third-order valence-corrected chi connectivity index (χ3v) is 2.61. The molecule has 0 aromatic heterocycles. The molecule has 2 atom stereocenters. The van der Waals surface area contributed by atoms with E-state index < -0.39 is 17.7 Å². The molecule has 0 aromatic rings. The van der Waals surface area contributed by atoms with Crippen LogP contribution < -0.4 is 0 Å². The number of esters is 1. The Morgan fingerprint density at radius 1 is 1.21 bits per heavy atom. The van der Waals surface area contributed by atoms with Crippen LogP contribution in [0, 0.1) is 5.92 Å². The topological polar surface area (TPSA) is 55.8 Å². The van der Waals surface area contributed by atoms with Gasteiger partial charge in [-0.15, -0.1) is 0 Å². The molecule has 2 unspecified atom stereocenters. The summed E-state index contributed by atoms with van der Waals surface area (Å²) in [4.78, 5) is 25.0. The smallest absolute Gasteiger partial charge is 0.411 e. The van der Waals surface area contributed by atoms with Crippen molar-refractivity contribution in [2.45, 2.75) is 59.6 Å². The van der Waals surface area contributed by atoms with Crippen LogP contribution in [0.4, 0.5) is 4.79 Å². The first-order valence-corrected chi connectivity index (χ1v) is 6.82. The molecule has 1 fully saturated rings. The lowest BCUT2D eigenvalue weighted by molar-refractivity contribution is -0.145. The summed E-state index contributed by atoms with van der Waals surface area (Å²) in [6.07, 6.45) is 0.184. The van der Waals surface area contributed by atoms with Gasteiger partial charge in [-0.1, -0.05) is 20.8 Å². The van der Waals surface area contributed by atoms with Crippen molar-refractivity contribution in [1.82, 2.24) is 4.90 Å². The van der Waals surface area contributed by atoms with Crippen molar-refractivity contribution in [1.29, 1.82) is 0 Å². The highest BCUT2D eigenvalue weighted by atomic mass is 16.6. The first-order chi connectivity index (χ1) is 8.74. The van der Waals surface area contributed by atoms with E-state index >= 15 is 0 Å². The Morgan fingerprint density at radius 3 is 2.16 bits per heavy atom. The highest BCUT2D eigenvalue weighted by Crippen LogP contribution is 2.25. The first-order valence-electron chi connectivity index (χ1n) is 6.82. The second-order valence-electron chi connectivity index (χ2n) is 5.51. The van der Waals surface area contributed by atoms with E-state index in [1.165, 1.54) is 12.0 Å². The van der Waals surface area contributed by atoms with Gasteiger partial charge in [0.05, 0.1) is 7.11 Å². The van der Waals surface area contributed by atoms with Crippen LogP contribution in [0.5, 0.6) is 0 Å². The van der Waals surface area contributed by atoms with Gasteiger partial charge in [0.1, 0.15) is 11.6 Å². The lowest BCUT2D eigenvalue weighted by atomic mass is 10.1. The second kappa shape index (κ2) is 7.36. The summed E-state index contributed by atoms with van der Waals surface area (Å²) in [6.45, 7) is 11.9. The van der Waals surface area contributed by atoms with Crippen molar-refractivity contribution < 1.29 is 19.1 Å². The lowest BCUT2D eigenvalue weighted by Crippen LogP contribution is -2.43. The van der Waals surface area contributed by atoms with Crippen LogP contribution in [0.3, 0.4) is 0 Å². The zero-order valence-corrected chi connectivity index (χ0v) is 13.1. The number of likely N-dealkylation sites (tertiary alicyclic amines) is 1. The monoisotopic (exact) mass is 273 g/mol. The summed E-state index contributed by atoms with van der Waals surface area (Å²) in [6, 6.07) is -0.509. The van der Waals surface area contributed by atoms with Crippen molar-refractivity contribution in [3.8, 4) is 0 Å². The van der Waals surface area contributed by atoms with Crippen LogP contribution >= 0.6 is 0 Å². The van der Waals surface area contributed by atoms with Crippen LogP contribution in [0.1, 0.15) is 48.0 Å². The Labute approximate surface area is 116 Å². The molecule has 1 heterocycles. The van der Waals surface area contributed by atoms with E-state index in [-0.39, 0.29) is 11.9 Å². The van der Waals surface area contributed by atoms with Gasteiger partial charge in [-0.2, -0.15) is 0 Å². The van der Waals surface area contributed by atoms with Crippen LogP contribution in [0.2, 0.25) is 0 Å². The van der Waals surface area contributed by atoms with E-state index in [0.29, 0.717) is 13.0 Å². The van der Waals surface area contributed by atoms with Gasteiger partial charge in [-0.05, 0) is 33.1 Å². The van der Waals surface area contributed by atoms with Gasteiger partial charge in [-0.25, -0.2) is 9.59 Å². The van der Waals surface area contributed by atoms with Crippen LogP contribution in [-0.4, -0.2) is 42.3 Å². The third kappa shape index (κ3) is 5.49. The maximum absolute atomic E-state index is 11.9. The molecule has 5 nitrogen and oxygen atoms in total. The van der Waals surface area contributed by atoms with Gasteiger partial charge in [0.2, 0.25) is 0 Å². The zero-order valence-electron chi connectivity index (χ0n) is 13.1. The molecule has 0 aliphatic carbocycles. The predicted molar refractivity (Wildman–Crippen MR) is 73.9 cm³/mol.